The standard InChI is InChI=1S/C22H25N3O3S2/c1-2-29-19-10-8-18(9-11-19)22-23-21(28-24-22)16-17-6-12-20(13-7-17)30(26,27)25-14-4-3-5-15-25/h6-13H,2-5,14-16H2,1H3. The normalized spacial score (nSPS) is 15.4. The van der Waals surface area contributed by atoms with Crippen molar-refractivity contribution in [3.05, 3.63) is 60.0 Å². The number of sulfonamides is 1. The third-order valence-corrected chi connectivity index (χ3v) is 7.93. The topological polar surface area (TPSA) is 76.3 Å². The minimum absolute atomic E-state index is 0.337. The summed E-state index contributed by atoms with van der Waals surface area (Å²) in [6.45, 7) is 3.33. The van der Waals surface area contributed by atoms with Crippen molar-refractivity contribution in [1.29, 1.82) is 0 Å². The van der Waals surface area contributed by atoms with Crippen molar-refractivity contribution in [2.24, 2.45) is 0 Å². The predicted octanol–water partition coefficient (Wildman–Crippen LogP) is 4.61. The van der Waals surface area contributed by atoms with E-state index in [0.29, 0.717) is 36.1 Å². The monoisotopic (exact) mass is 443 g/mol. The molecule has 0 aliphatic carbocycles. The van der Waals surface area contributed by atoms with Gasteiger partial charge < -0.3 is 4.52 Å². The van der Waals surface area contributed by atoms with Gasteiger partial charge in [0.25, 0.3) is 0 Å². The summed E-state index contributed by atoms with van der Waals surface area (Å²) in [5, 5.41) is 4.08. The summed E-state index contributed by atoms with van der Waals surface area (Å²) in [7, 11) is -3.41. The van der Waals surface area contributed by atoms with Crippen LogP contribution in [0.4, 0.5) is 0 Å². The Kier molecular flexibility index (Phi) is 6.55. The average molecular weight is 444 g/mol. The molecule has 0 unspecified atom stereocenters. The molecule has 0 radical (unpaired) electrons. The van der Waals surface area contributed by atoms with Gasteiger partial charge in [0, 0.05) is 23.5 Å². The second kappa shape index (κ2) is 9.32. The van der Waals surface area contributed by atoms with Crippen LogP contribution in [-0.2, 0) is 16.4 Å². The van der Waals surface area contributed by atoms with E-state index in [2.05, 4.69) is 29.2 Å². The Hall–Kier alpha value is -2.16. The third kappa shape index (κ3) is 4.77. The summed E-state index contributed by atoms with van der Waals surface area (Å²) >= 11 is 1.79. The molecule has 6 nitrogen and oxygen atoms in total. The molecular formula is C22H25N3O3S2. The van der Waals surface area contributed by atoms with Gasteiger partial charge in [-0.1, -0.05) is 30.6 Å². The van der Waals surface area contributed by atoms with Crippen molar-refractivity contribution < 1.29 is 12.9 Å². The van der Waals surface area contributed by atoms with Crippen LogP contribution < -0.4 is 0 Å². The highest BCUT2D eigenvalue weighted by molar-refractivity contribution is 7.99. The molecule has 1 saturated heterocycles. The van der Waals surface area contributed by atoms with Gasteiger partial charge in [0.2, 0.25) is 21.7 Å². The van der Waals surface area contributed by atoms with Crippen LogP contribution in [0.2, 0.25) is 0 Å². The molecule has 2 aromatic carbocycles. The van der Waals surface area contributed by atoms with Gasteiger partial charge in [0.05, 0.1) is 11.3 Å². The van der Waals surface area contributed by atoms with E-state index in [1.54, 1.807) is 28.2 Å². The molecule has 0 bridgehead atoms. The SMILES string of the molecule is CCSc1ccc(-c2noc(Cc3ccc(S(=O)(=O)N4CCCCC4)cc3)n2)cc1. The zero-order chi connectivity index (χ0) is 21.0. The smallest absolute Gasteiger partial charge is 0.243 e. The Morgan fingerprint density at radius 3 is 2.37 bits per heavy atom. The maximum Gasteiger partial charge on any atom is 0.243 e. The van der Waals surface area contributed by atoms with Crippen LogP contribution in [-0.4, -0.2) is 41.7 Å². The van der Waals surface area contributed by atoms with Crippen LogP contribution >= 0.6 is 11.8 Å². The Labute approximate surface area is 181 Å². The first-order chi connectivity index (χ1) is 14.6. The number of rotatable bonds is 7. The molecule has 0 amide bonds. The number of hydrogen-bond acceptors (Lipinski definition) is 6. The Morgan fingerprint density at radius 1 is 1.00 bits per heavy atom. The molecule has 0 spiro atoms. The molecule has 1 aromatic heterocycles. The first-order valence-corrected chi connectivity index (χ1v) is 12.6. The molecule has 0 N–H and O–H groups in total. The molecule has 1 aliphatic rings. The van der Waals surface area contributed by atoms with Crippen LogP contribution in [0.3, 0.4) is 0 Å². The van der Waals surface area contributed by atoms with Gasteiger partial charge in [-0.3, -0.25) is 0 Å². The lowest BCUT2D eigenvalue weighted by atomic mass is 10.1. The summed E-state index contributed by atoms with van der Waals surface area (Å²) in [5.74, 6) is 2.09. The second-order valence-electron chi connectivity index (χ2n) is 7.25. The van der Waals surface area contributed by atoms with E-state index >= 15 is 0 Å². The zero-order valence-corrected chi connectivity index (χ0v) is 18.6. The Morgan fingerprint density at radius 2 is 1.70 bits per heavy atom. The van der Waals surface area contributed by atoms with Crippen molar-refractivity contribution in [3.63, 3.8) is 0 Å². The van der Waals surface area contributed by atoms with E-state index in [-0.39, 0.29) is 0 Å². The molecule has 1 fully saturated rings. The fraction of sp³-hybridized carbons (Fsp3) is 0.364. The van der Waals surface area contributed by atoms with Gasteiger partial charge in [-0.15, -0.1) is 11.8 Å². The van der Waals surface area contributed by atoms with Gasteiger partial charge >= 0.3 is 0 Å². The molecule has 4 rings (SSSR count). The highest BCUT2D eigenvalue weighted by atomic mass is 32.2. The summed E-state index contributed by atoms with van der Waals surface area (Å²) in [6, 6.07) is 15.1. The summed E-state index contributed by atoms with van der Waals surface area (Å²) in [4.78, 5) is 6.03. The number of benzene rings is 2. The molecule has 1 aliphatic heterocycles. The minimum Gasteiger partial charge on any atom is -0.339 e. The molecule has 8 heteroatoms. The number of hydrogen-bond donors (Lipinski definition) is 0. The number of piperidine rings is 1. The number of thioether (sulfide) groups is 1. The van der Waals surface area contributed by atoms with Crippen molar-refractivity contribution >= 4 is 21.8 Å². The maximum absolute atomic E-state index is 12.8. The quantitative estimate of drug-likeness (QED) is 0.496. The first kappa shape index (κ1) is 21.1. The highest BCUT2D eigenvalue weighted by Gasteiger charge is 2.25. The van der Waals surface area contributed by atoms with Gasteiger partial charge in [-0.05, 0) is 60.6 Å². The molecule has 30 heavy (non-hydrogen) atoms. The van der Waals surface area contributed by atoms with Gasteiger partial charge in [0.15, 0.2) is 0 Å². The van der Waals surface area contributed by atoms with E-state index in [1.807, 2.05) is 24.3 Å². The average Bonchev–Trinajstić information content (AvgIpc) is 3.24. The fourth-order valence-corrected chi connectivity index (χ4v) is 5.70. The summed E-state index contributed by atoms with van der Waals surface area (Å²) in [6.07, 6.45) is 3.41. The molecular weight excluding hydrogens is 418 g/mol. The van der Waals surface area contributed by atoms with E-state index in [0.717, 1.165) is 36.1 Å². The molecule has 2 heterocycles. The van der Waals surface area contributed by atoms with Crippen LogP contribution in [0.5, 0.6) is 0 Å². The molecule has 158 valence electrons. The second-order valence-corrected chi connectivity index (χ2v) is 10.5. The van der Waals surface area contributed by atoms with Crippen molar-refractivity contribution in [2.45, 2.75) is 42.4 Å². The lowest BCUT2D eigenvalue weighted by Gasteiger charge is -2.25. The highest BCUT2D eigenvalue weighted by Crippen LogP contribution is 2.24. The number of nitrogens with zero attached hydrogens (tertiary/aromatic N) is 3. The molecule has 0 saturated carbocycles. The maximum atomic E-state index is 12.8. The van der Waals surface area contributed by atoms with E-state index in [9.17, 15) is 8.42 Å². The van der Waals surface area contributed by atoms with Crippen molar-refractivity contribution in [2.75, 3.05) is 18.8 Å². The Bertz CT molecular complexity index is 1070. The van der Waals surface area contributed by atoms with E-state index in [1.165, 1.54) is 4.90 Å². The number of aromatic nitrogens is 2. The third-order valence-electron chi connectivity index (χ3n) is 5.12. The van der Waals surface area contributed by atoms with Gasteiger partial charge in [-0.25, -0.2) is 8.42 Å². The van der Waals surface area contributed by atoms with E-state index < -0.39 is 10.0 Å². The zero-order valence-electron chi connectivity index (χ0n) is 17.0. The van der Waals surface area contributed by atoms with Crippen molar-refractivity contribution in [3.8, 4) is 11.4 Å². The Balaban J connectivity index is 1.44. The fourth-order valence-electron chi connectivity index (χ4n) is 3.52. The van der Waals surface area contributed by atoms with E-state index in [4.69, 9.17) is 4.52 Å². The van der Waals surface area contributed by atoms with Crippen LogP contribution in [0, 0.1) is 0 Å². The van der Waals surface area contributed by atoms with Gasteiger partial charge in [-0.2, -0.15) is 9.29 Å². The summed E-state index contributed by atoms with van der Waals surface area (Å²) in [5.41, 5.74) is 1.84. The summed E-state index contributed by atoms with van der Waals surface area (Å²) < 4.78 is 32.5. The van der Waals surface area contributed by atoms with Gasteiger partial charge in [0.1, 0.15) is 0 Å². The first-order valence-electron chi connectivity index (χ1n) is 10.2. The largest absolute Gasteiger partial charge is 0.339 e. The minimum atomic E-state index is -3.41. The van der Waals surface area contributed by atoms with Crippen LogP contribution in [0.25, 0.3) is 11.4 Å². The lowest BCUT2D eigenvalue weighted by molar-refractivity contribution is 0.346. The van der Waals surface area contributed by atoms with Crippen LogP contribution in [0.1, 0.15) is 37.6 Å². The molecule has 0 atom stereocenters. The predicted molar refractivity (Wildman–Crippen MR) is 118 cm³/mol. The lowest BCUT2D eigenvalue weighted by Crippen LogP contribution is -2.35. The molecule has 3 aromatic rings. The van der Waals surface area contributed by atoms with Crippen LogP contribution in [0.15, 0.2) is 62.8 Å². The van der Waals surface area contributed by atoms with Crippen molar-refractivity contribution in [1.82, 2.24) is 14.4 Å².